The van der Waals surface area contributed by atoms with Crippen LogP contribution in [-0.4, -0.2) is 45.7 Å². The maximum absolute atomic E-state index is 14.2. The third kappa shape index (κ3) is 4.21. The largest absolute Gasteiger partial charge is 0.492 e. The lowest BCUT2D eigenvalue weighted by atomic mass is 10.1. The van der Waals surface area contributed by atoms with Crippen molar-refractivity contribution < 1.29 is 13.5 Å². The Hall–Kier alpha value is -3.32. The smallest absolute Gasteiger partial charge is 0.166 e. The molecule has 2 aromatic carbocycles. The summed E-state index contributed by atoms with van der Waals surface area (Å²) in [6.07, 6.45) is 8.94. The molecule has 0 radical (unpaired) electrons. The molecule has 1 fully saturated rings. The Bertz CT molecular complexity index is 1220. The van der Waals surface area contributed by atoms with Gasteiger partial charge >= 0.3 is 0 Å². The van der Waals surface area contributed by atoms with Crippen molar-refractivity contribution in [2.45, 2.75) is 19.3 Å². The summed E-state index contributed by atoms with van der Waals surface area (Å²) in [5, 5.41) is 4.29. The van der Waals surface area contributed by atoms with E-state index in [4.69, 9.17) is 4.74 Å². The maximum atomic E-state index is 14.2. The Morgan fingerprint density at radius 2 is 1.69 bits per heavy atom. The van der Waals surface area contributed by atoms with Crippen LogP contribution in [0.5, 0.6) is 5.75 Å². The highest BCUT2D eigenvalue weighted by atomic mass is 19.2. The molecule has 5 rings (SSSR count). The molecule has 0 spiro atoms. The number of nitrogens with zero attached hydrogens (tertiary/aromatic N) is 4. The van der Waals surface area contributed by atoms with E-state index < -0.39 is 11.6 Å². The van der Waals surface area contributed by atoms with Gasteiger partial charge in [0.2, 0.25) is 0 Å². The fourth-order valence-corrected chi connectivity index (χ4v) is 4.14. The monoisotopic (exact) mass is 434 g/mol. The predicted octanol–water partition coefficient (Wildman–Crippen LogP) is 5.21. The van der Waals surface area contributed by atoms with E-state index in [1.807, 2.05) is 30.5 Å². The van der Waals surface area contributed by atoms with Gasteiger partial charge in [-0.1, -0.05) is 30.7 Å². The molecule has 0 atom stereocenters. The molecule has 3 heterocycles. The number of rotatable bonds is 6. The van der Waals surface area contributed by atoms with Crippen molar-refractivity contribution in [3.8, 4) is 28.0 Å². The number of hydrogen-bond acceptors (Lipinski definition) is 4. The Balaban J connectivity index is 1.30. The van der Waals surface area contributed by atoms with E-state index in [-0.39, 0.29) is 5.56 Å². The second-order valence-electron chi connectivity index (χ2n) is 8.05. The fourth-order valence-electron chi connectivity index (χ4n) is 4.14. The van der Waals surface area contributed by atoms with Crippen LogP contribution in [0.1, 0.15) is 19.3 Å². The van der Waals surface area contributed by atoms with Crippen LogP contribution in [0.15, 0.2) is 61.1 Å². The van der Waals surface area contributed by atoms with E-state index in [9.17, 15) is 8.78 Å². The molecule has 1 aliphatic heterocycles. The van der Waals surface area contributed by atoms with Gasteiger partial charge in [0, 0.05) is 35.6 Å². The molecule has 4 aromatic rings. The topological polar surface area (TPSA) is 42.7 Å². The van der Waals surface area contributed by atoms with Crippen LogP contribution in [0.2, 0.25) is 0 Å². The summed E-state index contributed by atoms with van der Waals surface area (Å²) in [6.45, 7) is 3.97. The van der Waals surface area contributed by atoms with Crippen LogP contribution >= 0.6 is 0 Å². The molecule has 1 aliphatic rings. The van der Waals surface area contributed by atoms with Gasteiger partial charge in [-0.05, 0) is 49.7 Å². The molecule has 164 valence electrons. The Morgan fingerprint density at radius 3 is 2.50 bits per heavy atom. The van der Waals surface area contributed by atoms with Crippen LogP contribution in [0.25, 0.3) is 27.9 Å². The standard InChI is InChI=1S/C25H24F2N4O/c26-23-6-4-5-21(24(23)27)22-16-29-31-17-19(15-28-25(22)31)18-7-9-20(10-8-18)32-14-13-30-11-2-1-3-12-30/h4-10,15-17H,1-3,11-14H2. The summed E-state index contributed by atoms with van der Waals surface area (Å²) in [5.74, 6) is -0.955. The average Bonchev–Trinajstić information content (AvgIpc) is 3.25. The summed E-state index contributed by atoms with van der Waals surface area (Å²) in [4.78, 5) is 6.91. The Labute approximate surface area is 185 Å². The van der Waals surface area contributed by atoms with Crippen molar-refractivity contribution in [2.24, 2.45) is 0 Å². The van der Waals surface area contributed by atoms with Crippen molar-refractivity contribution >= 4 is 5.65 Å². The molecule has 0 N–H and O–H groups in total. The minimum atomic E-state index is -0.899. The van der Waals surface area contributed by atoms with Gasteiger partial charge < -0.3 is 4.74 Å². The fraction of sp³-hybridized carbons (Fsp3) is 0.280. The lowest BCUT2D eigenvalue weighted by Crippen LogP contribution is -2.33. The predicted molar refractivity (Wildman–Crippen MR) is 120 cm³/mol. The lowest BCUT2D eigenvalue weighted by Gasteiger charge is -2.26. The van der Waals surface area contributed by atoms with Crippen LogP contribution in [0.3, 0.4) is 0 Å². The number of fused-ring (bicyclic) bond motifs is 1. The van der Waals surface area contributed by atoms with Gasteiger partial charge in [-0.2, -0.15) is 5.10 Å². The van der Waals surface area contributed by atoms with Crippen molar-refractivity contribution in [3.05, 3.63) is 72.7 Å². The van der Waals surface area contributed by atoms with Gasteiger partial charge in [0.25, 0.3) is 0 Å². The van der Waals surface area contributed by atoms with Crippen molar-refractivity contribution in [1.29, 1.82) is 0 Å². The highest BCUT2D eigenvalue weighted by Crippen LogP contribution is 2.29. The third-order valence-electron chi connectivity index (χ3n) is 5.91. The molecule has 0 saturated carbocycles. The van der Waals surface area contributed by atoms with E-state index in [2.05, 4.69) is 15.0 Å². The van der Waals surface area contributed by atoms with Gasteiger partial charge in [-0.25, -0.2) is 18.3 Å². The number of ether oxygens (including phenoxy) is 1. The molecular formula is C25H24F2N4O. The molecule has 0 amide bonds. The van der Waals surface area contributed by atoms with E-state index in [0.29, 0.717) is 17.8 Å². The molecule has 0 unspecified atom stereocenters. The zero-order valence-corrected chi connectivity index (χ0v) is 17.7. The Kier molecular flexibility index (Phi) is 5.81. The summed E-state index contributed by atoms with van der Waals surface area (Å²) in [5.41, 5.74) is 2.90. The third-order valence-corrected chi connectivity index (χ3v) is 5.91. The number of piperidine rings is 1. The van der Waals surface area contributed by atoms with Crippen molar-refractivity contribution in [2.75, 3.05) is 26.2 Å². The second kappa shape index (κ2) is 9.04. The first-order chi connectivity index (χ1) is 15.7. The van der Waals surface area contributed by atoms with Crippen molar-refractivity contribution in [3.63, 3.8) is 0 Å². The van der Waals surface area contributed by atoms with Crippen LogP contribution in [-0.2, 0) is 0 Å². The van der Waals surface area contributed by atoms with E-state index >= 15 is 0 Å². The second-order valence-corrected chi connectivity index (χ2v) is 8.05. The minimum Gasteiger partial charge on any atom is -0.492 e. The highest BCUT2D eigenvalue weighted by molar-refractivity contribution is 5.78. The molecule has 0 aliphatic carbocycles. The number of benzene rings is 2. The molecule has 32 heavy (non-hydrogen) atoms. The highest BCUT2D eigenvalue weighted by Gasteiger charge is 2.15. The molecular weight excluding hydrogens is 410 g/mol. The normalized spacial score (nSPS) is 14.7. The van der Waals surface area contributed by atoms with E-state index in [1.165, 1.54) is 50.7 Å². The van der Waals surface area contributed by atoms with Crippen LogP contribution in [0, 0.1) is 11.6 Å². The van der Waals surface area contributed by atoms with Gasteiger partial charge in [-0.15, -0.1) is 0 Å². The maximum Gasteiger partial charge on any atom is 0.166 e. The summed E-state index contributed by atoms with van der Waals surface area (Å²) >= 11 is 0. The molecule has 7 heteroatoms. The first-order valence-corrected chi connectivity index (χ1v) is 10.9. The summed E-state index contributed by atoms with van der Waals surface area (Å²) in [6, 6.07) is 12.0. The first kappa shape index (κ1) is 20.6. The van der Waals surface area contributed by atoms with Crippen molar-refractivity contribution in [1.82, 2.24) is 19.5 Å². The van der Waals surface area contributed by atoms with Crippen LogP contribution < -0.4 is 4.74 Å². The van der Waals surface area contributed by atoms with E-state index in [0.717, 1.165) is 29.5 Å². The first-order valence-electron chi connectivity index (χ1n) is 10.9. The SMILES string of the molecule is Fc1cccc(-c2cnn3cc(-c4ccc(OCCN5CCCCC5)cc4)cnc23)c1F. The summed E-state index contributed by atoms with van der Waals surface area (Å²) in [7, 11) is 0. The lowest BCUT2D eigenvalue weighted by molar-refractivity contribution is 0.183. The van der Waals surface area contributed by atoms with Gasteiger partial charge in [0.1, 0.15) is 12.4 Å². The van der Waals surface area contributed by atoms with Crippen LogP contribution in [0.4, 0.5) is 8.78 Å². The zero-order valence-electron chi connectivity index (χ0n) is 17.7. The molecule has 0 bridgehead atoms. The Morgan fingerprint density at radius 1 is 0.875 bits per heavy atom. The number of hydrogen-bond donors (Lipinski definition) is 0. The zero-order chi connectivity index (χ0) is 21.9. The number of aromatic nitrogens is 3. The van der Waals surface area contributed by atoms with Gasteiger partial charge in [0.15, 0.2) is 17.3 Å². The quantitative estimate of drug-likeness (QED) is 0.418. The molecule has 1 saturated heterocycles. The molecule has 2 aromatic heterocycles. The van der Waals surface area contributed by atoms with Gasteiger partial charge in [-0.3, -0.25) is 4.90 Å². The average molecular weight is 434 g/mol. The van der Waals surface area contributed by atoms with E-state index in [1.54, 1.807) is 10.7 Å². The minimum absolute atomic E-state index is 0.145. The number of halogens is 2. The van der Waals surface area contributed by atoms with Gasteiger partial charge in [0.05, 0.1) is 6.20 Å². The molecule has 5 nitrogen and oxygen atoms in total. The number of likely N-dealkylation sites (tertiary alicyclic amines) is 1. The summed E-state index contributed by atoms with van der Waals surface area (Å²) < 4.78 is 35.3.